The molecule has 0 spiro atoms. The van der Waals surface area contributed by atoms with Crippen molar-refractivity contribution in [2.45, 2.75) is 20.1 Å². The van der Waals surface area contributed by atoms with Gasteiger partial charge in [-0.15, -0.1) is 0 Å². The zero-order chi connectivity index (χ0) is 14.4. The number of nitrogens with two attached hydrogens (primary N) is 1. The maximum atomic E-state index is 5.40. The summed E-state index contributed by atoms with van der Waals surface area (Å²) in [5.74, 6) is 7.22. The monoisotopic (exact) mass is 277 g/mol. The number of nitrogens with one attached hydrogen (secondary N) is 2. The Labute approximate surface area is 117 Å². The molecule has 0 bridgehead atoms. The van der Waals surface area contributed by atoms with E-state index in [1.54, 1.807) is 16.9 Å². The van der Waals surface area contributed by atoms with E-state index in [1.807, 2.05) is 20.2 Å². The molecule has 0 saturated carbocycles. The van der Waals surface area contributed by atoms with Crippen LogP contribution < -0.4 is 16.6 Å². The van der Waals surface area contributed by atoms with Crippen LogP contribution in [0.15, 0.2) is 18.5 Å². The minimum Gasteiger partial charge on any atom is -0.374 e. The van der Waals surface area contributed by atoms with Gasteiger partial charge in [0.15, 0.2) is 5.82 Å². The standard InChI is InChI=1S/C12H19N7O/c1-3-20-8-12-16-10(4-11(17-12)18-13)14-5-9-6-15-19(2)7-9/h4,6-7H,3,5,8,13H2,1-2H3,(H2,14,16,17,18). The second-order valence-electron chi connectivity index (χ2n) is 4.21. The van der Waals surface area contributed by atoms with Gasteiger partial charge in [-0.1, -0.05) is 0 Å². The van der Waals surface area contributed by atoms with Gasteiger partial charge in [-0.25, -0.2) is 15.8 Å². The fraction of sp³-hybridized carbons (Fsp3) is 0.417. The van der Waals surface area contributed by atoms with Gasteiger partial charge in [-0.2, -0.15) is 5.10 Å². The van der Waals surface area contributed by atoms with Gasteiger partial charge in [0.25, 0.3) is 0 Å². The Morgan fingerprint density at radius 3 is 2.80 bits per heavy atom. The van der Waals surface area contributed by atoms with Gasteiger partial charge in [-0.3, -0.25) is 4.68 Å². The number of anilines is 2. The molecule has 2 aromatic heterocycles. The molecule has 4 N–H and O–H groups in total. The quantitative estimate of drug-likeness (QED) is 0.504. The number of ether oxygens (including phenoxy) is 1. The van der Waals surface area contributed by atoms with E-state index in [9.17, 15) is 0 Å². The van der Waals surface area contributed by atoms with Crippen molar-refractivity contribution in [1.82, 2.24) is 19.7 Å². The number of hydrazine groups is 1. The molecule has 0 unspecified atom stereocenters. The molecule has 108 valence electrons. The SMILES string of the molecule is CCOCc1nc(NN)cc(NCc2cnn(C)c2)n1. The summed E-state index contributed by atoms with van der Waals surface area (Å²) in [6.45, 7) is 3.52. The average Bonchev–Trinajstić information content (AvgIpc) is 2.88. The van der Waals surface area contributed by atoms with Crippen LogP contribution in [0.4, 0.5) is 11.6 Å². The topological polar surface area (TPSA) is 103 Å². The van der Waals surface area contributed by atoms with E-state index in [-0.39, 0.29) is 0 Å². The first-order valence-corrected chi connectivity index (χ1v) is 6.35. The third-order valence-corrected chi connectivity index (χ3v) is 2.59. The summed E-state index contributed by atoms with van der Waals surface area (Å²) in [7, 11) is 1.88. The molecule has 0 saturated heterocycles. The predicted molar refractivity (Wildman–Crippen MR) is 75.7 cm³/mol. The second-order valence-corrected chi connectivity index (χ2v) is 4.21. The molecule has 8 heteroatoms. The highest BCUT2D eigenvalue weighted by molar-refractivity contribution is 5.47. The molecule has 0 aromatic carbocycles. The smallest absolute Gasteiger partial charge is 0.158 e. The number of hydrogen-bond acceptors (Lipinski definition) is 7. The Bertz CT molecular complexity index is 554. The summed E-state index contributed by atoms with van der Waals surface area (Å²) in [5.41, 5.74) is 3.59. The van der Waals surface area contributed by atoms with Crippen LogP contribution >= 0.6 is 0 Å². The second kappa shape index (κ2) is 6.83. The molecule has 0 radical (unpaired) electrons. The lowest BCUT2D eigenvalue weighted by atomic mass is 10.3. The van der Waals surface area contributed by atoms with E-state index in [4.69, 9.17) is 10.6 Å². The van der Waals surface area contributed by atoms with Crippen LogP contribution in [-0.2, 0) is 24.9 Å². The minimum atomic E-state index is 0.355. The summed E-state index contributed by atoms with van der Waals surface area (Å²) in [5, 5.41) is 7.32. The first-order valence-electron chi connectivity index (χ1n) is 6.35. The zero-order valence-electron chi connectivity index (χ0n) is 11.6. The number of nitrogens with zero attached hydrogens (tertiary/aromatic N) is 4. The molecular formula is C12H19N7O. The van der Waals surface area contributed by atoms with E-state index < -0.39 is 0 Å². The van der Waals surface area contributed by atoms with Crippen molar-refractivity contribution in [2.24, 2.45) is 12.9 Å². The Morgan fingerprint density at radius 1 is 1.35 bits per heavy atom. The van der Waals surface area contributed by atoms with Crippen LogP contribution in [-0.4, -0.2) is 26.4 Å². The number of nitrogen functional groups attached to an aromatic ring is 1. The summed E-state index contributed by atoms with van der Waals surface area (Å²) in [6, 6.07) is 1.74. The van der Waals surface area contributed by atoms with Crippen LogP contribution in [0.1, 0.15) is 18.3 Å². The van der Waals surface area contributed by atoms with Gasteiger partial charge in [0.1, 0.15) is 18.2 Å². The first-order chi connectivity index (χ1) is 9.71. The molecule has 20 heavy (non-hydrogen) atoms. The summed E-state index contributed by atoms with van der Waals surface area (Å²) >= 11 is 0. The lowest BCUT2D eigenvalue weighted by Crippen LogP contribution is -2.13. The summed E-state index contributed by atoms with van der Waals surface area (Å²) in [6.07, 6.45) is 3.74. The zero-order valence-corrected chi connectivity index (χ0v) is 11.6. The average molecular weight is 277 g/mol. The Morgan fingerprint density at radius 2 is 2.15 bits per heavy atom. The van der Waals surface area contributed by atoms with Crippen LogP contribution in [0.2, 0.25) is 0 Å². The van der Waals surface area contributed by atoms with Crippen LogP contribution in [0, 0.1) is 0 Å². The van der Waals surface area contributed by atoms with Crippen molar-refractivity contribution < 1.29 is 4.74 Å². The maximum Gasteiger partial charge on any atom is 0.158 e. The maximum absolute atomic E-state index is 5.40. The van der Waals surface area contributed by atoms with E-state index in [1.165, 1.54) is 0 Å². The van der Waals surface area contributed by atoms with Gasteiger partial charge in [-0.05, 0) is 6.92 Å². The Balaban J connectivity index is 2.05. The number of aryl methyl sites for hydroxylation is 1. The number of hydrogen-bond donors (Lipinski definition) is 3. The lowest BCUT2D eigenvalue weighted by molar-refractivity contribution is 0.128. The first kappa shape index (κ1) is 14.2. The molecule has 0 aliphatic rings. The molecule has 8 nitrogen and oxygen atoms in total. The van der Waals surface area contributed by atoms with Crippen LogP contribution in [0.5, 0.6) is 0 Å². The lowest BCUT2D eigenvalue weighted by Gasteiger charge is -2.09. The molecule has 0 aliphatic heterocycles. The van der Waals surface area contributed by atoms with Crippen molar-refractivity contribution >= 4 is 11.6 Å². The highest BCUT2D eigenvalue weighted by atomic mass is 16.5. The fourth-order valence-electron chi connectivity index (χ4n) is 1.68. The summed E-state index contributed by atoms with van der Waals surface area (Å²) in [4.78, 5) is 8.59. The van der Waals surface area contributed by atoms with Crippen molar-refractivity contribution in [3.8, 4) is 0 Å². The van der Waals surface area contributed by atoms with Gasteiger partial charge in [0, 0.05) is 38.0 Å². The largest absolute Gasteiger partial charge is 0.374 e. The third-order valence-electron chi connectivity index (χ3n) is 2.59. The normalized spacial score (nSPS) is 10.6. The summed E-state index contributed by atoms with van der Waals surface area (Å²) < 4.78 is 7.06. The van der Waals surface area contributed by atoms with E-state index >= 15 is 0 Å². The van der Waals surface area contributed by atoms with E-state index in [2.05, 4.69) is 25.8 Å². The molecule has 0 fully saturated rings. The molecular weight excluding hydrogens is 258 g/mol. The van der Waals surface area contributed by atoms with Crippen molar-refractivity contribution in [2.75, 3.05) is 17.3 Å². The third kappa shape index (κ3) is 3.90. The van der Waals surface area contributed by atoms with Gasteiger partial charge < -0.3 is 15.5 Å². The van der Waals surface area contributed by atoms with Gasteiger partial charge in [0.2, 0.25) is 0 Å². The van der Waals surface area contributed by atoms with Gasteiger partial charge >= 0.3 is 0 Å². The minimum absolute atomic E-state index is 0.355. The van der Waals surface area contributed by atoms with Gasteiger partial charge in [0.05, 0.1) is 6.20 Å². The molecule has 0 atom stereocenters. The fourth-order valence-corrected chi connectivity index (χ4v) is 1.68. The van der Waals surface area contributed by atoms with Crippen molar-refractivity contribution in [3.63, 3.8) is 0 Å². The van der Waals surface area contributed by atoms with Crippen LogP contribution in [0.25, 0.3) is 0 Å². The predicted octanol–water partition coefficient (Wildman–Crippen LogP) is 0.644. The van der Waals surface area contributed by atoms with E-state index in [0.717, 1.165) is 5.56 Å². The molecule has 2 heterocycles. The Kier molecular flexibility index (Phi) is 4.85. The highest BCUT2D eigenvalue weighted by Gasteiger charge is 2.05. The van der Waals surface area contributed by atoms with Crippen LogP contribution in [0.3, 0.4) is 0 Å². The van der Waals surface area contributed by atoms with Crippen molar-refractivity contribution in [3.05, 3.63) is 29.8 Å². The number of aromatic nitrogens is 4. The van der Waals surface area contributed by atoms with E-state index in [0.29, 0.717) is 37.2 Å². The Hall–Kier alpha value is -2.19. The molecule has 2 aromatic rings. The highest BCUT2D eigenvalue weighted by Crippen LogP contribution is 2.12. The molecule has 0 amide bonds. The molecule has 2 rings (SSSR count). The number of rotatable bonds is 7. The van der Waals surface area contributed by atoms with Crippen molar-refractivity contribution in [1.29, 1.82) is 0 Å². The molecule has 0 aliphatic carbocycles.